The molecule has 0 saturated heterocycles. The van der Waals surface area contributed by atoms with Crippen molar-refractivity contribution in [3.05, 3.63) is 0 Å². The van der Waals surface area contributed by atoms with E-state index in [0.29, 0.717) is 12.0 Å². The first kappa shape index (κ1) is 11.0. The van der Waals surface area contributed by atoms with Crippen LogP contribution in [-0.2, 0) is 4.74 Å². The molecule has 3 N–H and O–H groups in total. The van der Waals surface area contributed by atoms with Gasteiger partial charge in [0.2, 0.25) is 0 Å². The lowest BCUT2D eigenvalue weighted by Crippen LogP contribution is -2.49. The van der Waals surface area contributed by atoms with E-state index in [2.05, 4.69) is 12.3 Å². The van der Waals surface area contributed by atoms with E-state index in [1.807, 2.05) is 0 Å². The molecule has 2 atom stereocenters. The fourth-order valence-electron chi connectivity index (χ4n) is 2.29. The molecule has 0 amide bonds. The van der Waals surface area contributed by atoms with Gasteiger partial charge < -0.3 is 4.74 Å². The van der Waals surface area contributed by atoms with E-state index >= 15 is 0 Å². The van der Waals surface area contributed by atoms with Crippen LogP contribution >= 0.6 is 0 Å². The lowest BCUT2D eigenvalue weighted by Gasteiger charge is -2.33. The van der Waals surface area contributed by atoms with Crippen molar-refractivity contribution < 1.29 is 4.74 Å². The molecule has 78 valence electrons. The molecular formula is C10H22N2O. The van der Waals surface area contributed by atoms with Gasteiger partial charge in [0, 0.05) is 13.2 Å². The third-order valence-corrected chi connectivity index (χ3v) is 3.23. The Morgan fingerprint density at radius 2 is 1.92 bits per heavy atom. The van der Waals surface area contributed by atoms with E-state index in [9.17, 15) is 0 Å². The van der Waals surface area contributed by atoms with Crippen molar-refractivity contribution in [2.45, 2.75) is 51.2 Å². The van der Waals surface area contributed by atoms with Crippen molar-refractivity contribution in [3.63, 3.8) is 0 Å². The molecule has 3 nitrogen and oxygen atoms in total. The molecule has 2 unspecified atom stereocenters. The summed E-state index contributed by atoms with van der Waals surface area (Å²) in [6.07, 6.45) is 6.88. The predicted octanol–water partition coefficient (Wildman–Crippen LogP) is 1.43. The van der Waals surface area contributed by atoms with Crippen LogP contribution in [0.3, 0.4) is 0 Å². The molecule has 0 bridgehead atoms. The standard InChI is InChI=1S/C10H22N2O/c1-8(13-2)10(12-11)9-6-4-3-5-7-9/h8-10,12H,3-7,11H2,1-2H3. The summed E-state index contributed by atoms with van der Waals surface area (Å²) < 4.78 is 5.31. The molecule has 0 spiro atoms. The van der Waals surface area contributed by atoms with Gasteiger partial charge in [0.25, 0.3) is 0 Å². The fourth-order valence-corrected chi connectivity index (χ4v) is 2.29. The van der Waals surface area contributed by atoms with Crippen LogP contribution in [0.4, 0.5) is 0 Å². The maximum atomic E-state index is 5.55. The molecule has 1 aliphatic carbocycles. The number of hydrogen-bond acceptors (Lipinski definition) is 3. The zero-order valence-corrected chi connectivity index (χ0v) is 8.75. The number of hydrogen-bond donors (Lipinski definition) is 2. The van der Waals surface area contributed by atoms with Gasteiger partial charge in [-0.15, -0.1) is 0 Å². The molecule has 0 aromatic heterocycles. The first-order chi connectivity index (χ1) is 6.29. The van der Waals surface area contributed by atoms with Crippen LogP contribution in [0.25, 0.3) is 0 Å². The highest BCUT2D eigenvalue weighted by Crippen LogP contribution is 2.27. The van der Waals surface area contributed by atoms with Crippen LogP contribution in [-0.4, -0.2) is 19.3 Å². The van der Waals surface area contributed by atoms with Crippen LogP contribution in [0.15, 0.2) is 0 Å². The van der Waals surface area contributed by atoms with Gasteiger partial charge in [-0.1, -0.05) is 19.3 Å². The second-order valence-corrected chi connectivity index (χ2v) is 4.03. The Morgan fingerprint density at radius 1 is 1.31 bits per heavy atom. The average molecular weight is 186 g/mol. The van der Waals surface area contributed by atoms with E-state index in [-0.39, 0.29) is 6.10 Å². The Labute approximate surface area is 81.0 Å². The van der Waals surface area contributed by atoms with Gasteiger partial charge in [-0.25, -0.2) is 0 Å². The smallest absolute Gasteiger partial charge is 0.0712 e. The minimum atomic E-state index is 0.216. The second kappa shape index (κ2) is 5.58. The summed E-state index contributed by atoms with van der Waals surface area (Å²) in [5.74, 6) is 6.25. The number of ether oxygens (including phenoxy) is 1. The van der Waals surface area contributed by atoms with Crippen LogP contribution in [0.5, 0.6) is 0 Å². The fraction of sp³-hybridized carbons (Fsp3) is 1.00. The summed E-state index contributed by atoms with van der Waals surface area (Å²) in [6, 6.07) is 0.324. The van der Waals surface area contributed by atoms with Crippen molar-refractivity contribution in [3.8, 4) is 0 Å². The topological polar surface area (TPSA) is 47.3 Å². The number of rotatable bonds is 4. The predicted molar refractivity (Wildman–Crippen MR) is 54.2 cm³/mol. The largest absolute Gasteiger partial charge is 0.380 e. The summed E-state index contributed by atoms with van der Waals surface area (Å²) in [7, 11) is 1.75. The van der Waals surface area contributed by atoms with Crippen molar-refractivity contribution in [2.24, 2.45) is 11.8 Å². The molecule has 0 aliphatic heterocycles. The van der Waals surface area contributed by atoms with Crippen molar-refractivity contribution in [1.82, 2.24) is 5.43 Å². The van der Waals surface area contributed by atoms with Crippen molar-refractivity contribution >= 4 is 0 Å². The van der Waals surface area contributed by atoms with Crippen molar-refractivity contribution in [2.75, 3.05) is 7.11 Å². The van der Waals surface area contributed by atoms with Gasteiger partial charge >= 0.3 is 0 Å². The number of methoxy groups -OCH3 is 1. The quantitative estimate of drug-likeness (QED) is 0.516. The maximum Gasteiger partial charge on any atom is 0.0712 e. The summed E-state index contributed by atoms with van der Waals surface area (Å²) in [4.78, 5) is 0. The minimum absolute atomic E-state index is 0.216. The highest BCUT2D eigenvalue weighted by atomic mass is 16.5. The molecule has 1 rings (SSSR count). The molecule has 13 heavy (non-hydrogen) atoms. The van der Waals surface area contributed by atoms with Gasteiger partial charge in [-0.05, 0) is 25.7 Å². The third-order valence-electron chi connectivity index (χ3n) is 3.23. The first-order valence-electron chi connectivity index (χ1n) is 5.28. The molecule has 0 aromatic rings. The molecule has 0 radical (unpaired) electrons. The Morgan fingerprint density at radius 3 is 2.38 bits per heavy atom. The van der Waals surface area contributed by atoms with Crippen molar-refractivity contribution in [1.29, 1.82) is 0 Å². The molecule has 1 aliphatic rings. The second-order valence-electron chi connectivity index (χ2n) is 4.03. The monoisotopic (exact) mass is 186 g/mol. The average Bonchev–Trinajstić information content (AvgIpc) is 2.20. The molecule has 0 aromatic carbocycles. The SMILES string of the molecule is COC(C)C(NN)C1CCCCC1. The Kier molecular flexibility index (Phi) is 4.70. The maximum absolute atomic E-state index is 5.55. The number of nitrogens with two attached hydrogens (primary N) is 1. The highest BCUT2D eigenvalue weighted by Gasteiger charge is 2.26. The number of nitrogens with one attached hydrogen (secondary N) is 1. The van der Waals surface area contributed by atoms with E-state index in [4.69, 9.17) is 10.6 Å². The van der Waals surface area contributed by atoms with Crippen LogP contribution in [0.2, 0.25) is 0 Å². The summed E-state index contributed by atoms with van der Waals surface area (Å²) in [6.45, 7) is 2.08. The zero-order valence-electron chi connectivity index (χ0n) is 8.75. The molecule has 1 saturated carbocycles. The lowest BCUT2D eigenvalue weighted by molar-refractivity contribution is 0.0524. The van der Waals surface area contributed by atoms with E-state index in [1.54, 1.807) is 7.11 Å². The lowest BCUT2D eigenvalue weighted by atomic mass is 9.82. The Bertz CT molecular complexity index is 135. The Balaban J connectivity index is 2.43. The van der Waals surface area contributed by atoms with E-state index in [1.165, 1.54) is 32.1 Å². The first-order valence-corrected chi connectivity index (χ1v) is 5.28. The van der Waals surface area contributed by atoms with Gasteiger partial charge in [-0.2, -0.15) is 0 Å². The molecule has 0 heterocycles. The molecule has 3 heteroatoms. The highest BCUT2D eigenvalue weighted by molar-refractivity contribution is 4.82. The summed E-state index contributed by atoms with van der Waals surface area (Å²) in [5.41, 5.74) is 2.90. The van der Waals surface area contributed by atoms with E-state index < -0.39 is 0 Å². The minimum Gasteiger partial charge on any atom is -0.380 e. The molecular weight excluding hydrogens is 164 g/mol. The summed E-state index contributed by atoms with van der Waals surface area (Å²) in [5, 5.41) is 0. The van der Waals surface area contributed by atoms with Crippen LogP contribution < -0.4 is 11.3 Å². The van der Waals surface area contributed by atoms with Gasteiger partial charge in [-0.3, -0.25) is 11.3 Å². The summed E-state index contributed by atoms with van der Waals surface area (Å²) >= 11 is 0. The van der Waals surface area contributed by atoms with E-state index in [0.717, 1.165) is 0 Å². The Hall–Kier alpha value is -0.120. The van der Waals surface area contributed by atoms with Gasteiger partial charge in [0.1, 0.15) is 0 Å². The third kappa shape index (κ3) is 2.93. The van der Waals surface area contributed by atoms with Gasteiger partial charge in [0.05, 0.1) is 6.10 Å². The van der Waals surface area contributed by atoms with Crippen LogP contribution in [0, 0.1) is 5.92 Å². The van der Waals surface area contributed by atoms with Gasteiger partial charge in [0.15, 0.2) is 0 Å². The zero-order chi connectivity index (χ0) is 9.68. The van der Waals surface area contributed by atoms with Crippen LogP contribution in [0.1, 0.15) is 39.0 Å². The number of hydrazine groups is 1. The molecule has 1 fully saturated rings. The normalized spacial score (nSPS) is 24.2.